The summed E-state index contributed by atoms with van der Waals surface area (Å²) < 4.78 is 34.1. The van der Waals surface area contributed by atoms with E-state index in [9.17, 15) is 13.2 Å². The third-order valence-corrected chi connectivity index (χ3v) is 5.79. The lowest BCUT2D eigenvalue weighted by Crippen LogP contribution is -2.41. The summed E-state index contributed by atoms with van der Waals surface area (Å²) in [5, 5.41) is 8.98. The van der Waals surface area contributed by atoms with E-state index in [1.54, 1.807) is 19.2 Å². The first-order chi connectivity index (χ1) is 11.4. The maximum atomic E-state index is 11.7. The van der Waals surface area contributed by atoms with Crippen LogP contribution in [0.1, 0.15) is 16.8 Å². The van der Waals surface area contributed by atoms with Crippen molar-refractivity contribution in [3.63, 3.8) is 0 Å². The number of hydrogen-bond acceptors (Lipinski definition) is 6. The van der Waals surface area contributed by atoms with Gasteiger partial charge in [-0.15, -0.1) is 0 Å². The molecule has 1 fully saturated rings. The second kappa shape index (κ2) is 8.46. The van der Waals surface area contributed by atoms with Crippen molar-refractivity contribution in [2.75, 3.05) is 44.9 Å². The molecule has 1 aromatic carbocycles. The van der Waals surface area contributed by atoms with Gasteiger partial charge in [-0.2, -0.15) is 0 Å². The first-order valence-electron chi connectivity index (χ1n) is 7.81. The monoisotopic (exact) mass is 357 g/mol. The zero-order chi connectivity index (χ0) is 17.6. The van der Waals surface area contributed by atoms with Crippen molar-refractivity contribution in [2.45, 2.75) is 12.5 Å². The quantitative estimate of drug-likeness (QED) is 0.702. The van der Waals surface area contributed by atoms with Gasteiger partial charge in [0.25, 0.3) is 0 Å². The molecule has 0 saturated carbocycles. The molecule has 0 aliphatic carbocycles. The highest BCUT2D eigenvalue weighted by Crippen LogP contribution is 2.18. The maximum Gasteiger partial charge on any atom is 0.335 e. The molecule has 1 saturated heterocycles. The predicted molar refractivity (Wildman–Crippen MR) is 89.4 cm³/mol. The van der Waals surface area contributed by atoms with Gasteiger partial charge in [0.1, 0.15) is 12.4 Å². The third kappa shape index (κ3) is 5.47. The van der Waals surface area contributed by atoms with E-state index in [0.29, 0.717) is 38.5 Å². The Balaban J connectivity index is 1.90. The van der Waals surface area contributed by atoms with Crippen LogP contribution in [0.25, 0.3) is 0 Å². The van der Waals surface area contributed by atoms with E-state index >= 15 is 0 Å². The maximum absolute atomic E-state index is 11.7. The number of carbonyl (C=O) groups is 1. The van der Waals surface area contributed by atoms with Crippen LogP contribution in [0.5, 0.6) is 5.75 Å². The molecular formula is C16H23NO6S. The highest BCUT2D eigenvalue weighted by atomic mass is 32.2. The van der Waals surface area contributed by atoms with Crippen LogP contribution < -0.4 is 4.74 Å². The van der Waals surface area contributed by atoms with Crippen molar-refractivity contribution in [3.8, 4) is 5.75 Å². The second-order valence-corrected chi connectivity index (χ2v) is 8.00. The number of hydrogen-bond donors (Lipinski definition) is 1. The molecule has 1 aliphatic heterocycles. The molecule has 0 spiro atoms. The predicted octanol–water partition coefficient (Wildman–Crippen LogP) is 0.899. The Kier molecular flexibility index (Phi) is 6.59. The summed E-state index contributed by atoms with van der Waals surface area (Å²) >= 11 is 0. The minimum atomic E-state index is -2.95. The summed E-state index contributed by atoms with van der Waals surface area (Å²) in [5.74, 6) is -0.118. The van der Waals surface area contributed by atoms with E-state index in [1.165, 1.54) is 12.1 Å². The minimum Gasteiger partial charge on any atom is -0.492 e. The summed E-state index contributed by atoms with van der Waals surface area (Å²) in [4.78, 5) is 13.0. The Morgan fingerprint density at radius 3 is 2.71 bits per heavy atom. The molecule has 0 bridgehead atoms. The van der Waals surface area contributed by atoms with Crippen molar-refractivity contribution in [2.24, 2.45) is 0 Å². The van der Waals surface area contributed by atoms with Gasteiger partial charge < -0.3 is 14.6 Å². The van der Waals surface area contributed by atoms with Gasteiger partial charge in [0.2, 0.25) is 0 Å². The van der Waals surface area contributed by atoms with Gasteiger partial charge in [-0.1, -0.05) is 6.07 Å². The first-order valence-corrected chi connectivity index (χ1v) is 9.63. The Morgan fingerprint density at radius 2 is 2.08 bits per heavy atom. The van der Waals surface area contributed by atoms with E-state index in [2.05, 4.69) is 4.90 Å². The summed E-state index contributed by atoms with van der Waals surface area (Å²) in [6.07, 6.45) is 0.626. The smallest absolute Gasteiger partial charge is 0.335 e. The van der Waals surface area contributed by atoms with Crippen LogP contribution in [0.3, 0.4) is 0 Å². The van der Waals surface area contributed by atoms with Gasteiger partial charge >= 0.3 is 5.97 Å². The molecule has 1 aliphatic rings. The zero-order valence-corrected chi connectivity index (χ0v) is 14.5. The van der Waals surface area contributed by atoms with Crippen LogP contribution in [-0.2, 0) is 14.6 Å². The molecule has 1 N–H and O–H groups in total. The molecule has 7 nitrogen and oxygen atoms in total. The van der Waals surface area contributed by atoms with Crippen molar-refractivity contribution < 1.29 is 27.8 Å². The fraction of sp³-hybridized carbons (Fsp3) is 0.562. The third-order valence-electron chi connectivity index (χ3n) is 4.04. The average Bonchev–Trinajstić information content (AvgIpc) is 2.91. The highest BCUT2D eigenvalue weighted by molar-refractivity contribution is 7.91. The van der Waals surface area contributed by atoms with Crippen LogP contribution in [0.2, 0.25) is 0 Å². The summed E-state index contributed by atoms with van der Waals surface area (Å²) in [6.45, 7) is 2.06. The summed E-state index contributed by atoms with van der Waals surface area (Å²) in [5.41, 5.74) is 0.172. The standard InChI is InChI=1S/C16H23NO6S/c1-22-8-6-17(14-5-10-24(20,21)12-14)7-9-23-15-4-2-3-13(11-15)16(18)19/h2-4,11,14H,5-10,12H2,1H3,(H,18,19). The zero-order valence-electron chi connectivity index (χ0n) is 13.7. The molecule has 0 amide bonds. The lowest BCUT2D eigenvalue weighted by molar-refractivity contribution is 0.0696. The van der Waals surface area contributed by atoms with Crippen LogP contribution in [0.15, 0.2) is 24.3 Å². The number of ether oxygens (including phenoxy) is 2. The minimum absolute atomic E-state index is 0.0147. The van der Waals surface area contributed by atoms with Gasteiger partial charge in [-0.05, 0) is 24.6 Å². The number of methoxy groups -OCH3 is 1. The van der Waals surface area contributed by atoms with Gasteiger partial charge in [0, 0.05) is 26.2 Å². The van der Waals surface area contributed by atoms with Crippen LogP contribution in [0, 0.1) is 0 Å². The van der Waals surface area contributed by atoms with Gasteiger partial charge in [-0.25, -0.2) is 13.2 Å². The topological polar surface area (TPSA) is 93.1 Å². The summed E-state index contributed by atoms with van der Waals surface area (Å²) in [6, 6.07) is 6.29. The molecule has 1 aromatic rings. The molecule has 0 aromatic heterocycles. The van der Waals surface area contributed by atoms with E-state index in [0.717, 1.165) is 0 Å². The van der Waals surface area contributed by atoms with E-state index in [4.69, 9.17) is 14.6 Å². The molecule has 24 heavy (non-hydrogen) atoms. The molecule has 1 unspecified atom stereocenters. The number of rotatable bonds is 9. The largest absolute Gasteiger partial charge is 0.492 e. The molecular weight excluding hydrogens is 334 g/mol. The number of carboxylic acids is 1. The fourth-order valence-corrected chi connectivity index (χ4v) is 4.51. The van der Waals surface area contributed by atoms with Crippen molar-refractivity contribution in [3.05, 3.63) is 29.8 Å². The van der Waals surface area contributed by atoms with E-state index in [-0.39, 0.29) is 23.1 Å². The molecule has 0 radical (unpaired) electrons. The van der Waals surface area contributed by atoms with Crippen LogP contribution >= 0.6 is 0 Å². The normalized spacial score (nSPS) is 19.5. The van der Waals surface area contributed by atoms with Gasteiger partial charge in [-0.3, -0.25) is 4.90 Å². The average molecular weight is 357 g/mol. The number of nitrogens with zero attached hydrogens (tertiary/aromatic N) is 1. The lowest BCUT2D eigenvalue weighted by atomic mass is 10.2. The number of carboxylic acid groups (broad SMARTS) is 1. The highest BCUT2D eigenvalue weighted by Gasteiger charge is 2.31. The van der Waals surface area contributed by atoms with Crippen molar-refractivity contribution in [1.82, 2.24) is 4.90 Å². The number of aromatic carboxylic acids is 1. The summed E-state index contributed by atoms with van der Waals surface area (Å²) in [7, 11) is -1.34. The molecule has 2 rings (SSSR count). The Labute approximate surface area is 142 Å². The SMILES string of the molecule is COCCN(CCOc1cccc(C(=O)O)c1)C1CCS(=O)(=O)C1. The van der Waals surface area contributed by atoms with Gasteiger partial charge in [0.05, 0.1) is 23.7 Å². The fourth-order valence-electron chi connectivity index (χ4n) is 2.75. The molecule has 134 valence electrons. The molecule has 8 heteroatoms. The van der Waals surface area contributed by atoms with E-state index < -0.39 is 15.8 Å². The van der Waals surface area contributed by atoms with Crippen LogP contribution in [-0.4, -0.2) is 75.4 Å². The first kappa shape index (κ1) is 18.7. The Morgan fingerprint density at radius 1 is 1.33 bits per heavy atom. The lowest BCUT2D eigenvalue weighted by Gasteiger charge is -2.27. The van der Waals surface area contributed by atoms with Gasteiger partial charge in [0.15, 0.2) is 9.84 Å². The van der Waals surface area contributed by atoms with Crippen molar-refractivity contribution in [1.29, 1.82) is 0 Å². The number of sulfone groups is 1. The van der Waals surface area contributed by atoms with Crippen LogP contribution in [0.4, 0.5) is 0 Å². The van der Waals surface area contributed by atoms with E-state index in [1.807, 2.05) is 0 Å². The number of benzene rings is 1. The Bertz CT molecular complexity index is 660. The van der Waals surface area contributed by atoms with Crippen molar-refractivity contribution >= 4 is 15.8 Å². The molecule has 1 heterocycles. The Hall–Kier alpha value is -1.64. The molecule has 1 atom stereocenters. The second-order valence-electron chi connectivity index (χ2n) is 5.77.